The van der Waals surface area contributed by atoms with Crippen LogP contribution in [-0.4, -0.2) is 65.2 Å². The third-order valence-corrected chi connectivity index (χ3v) is 5.87. The number of hydrogen-bond donors (Lipinski definition) is 1. The van der Waals surface area contributed by atoms with E-state index >= 15 is 0 Å². The lowest BCUT2D eigenvalue weighted by molar-refractivity contribution is -0.174. The molecule has 1 fully saturated rings. The van der Waals surface area contributed by atoms with Crippen molar-refractivity contribution in [3.8, 4) is 11.4 Å². The molecule has 10 heteroatoms. The van der Waals surface area contributed by atoms with Gasteiger partial charge in [-0.25, -0.2) is 4.68 Å². The molecule has 2 atom stereocenters. The Morgan fingerprint density at radius 1 is 1.15 bits per heavy atom. The zero-order valence-electron chi connectivity index (χ0n) is 19.0. The van der Waals surface area contributed by atoms with Gasteiger partial charge in [0.05, 0.1) is 36.7 Å². The molecule has 0 aliphatic carbocycles. The van der Waals surface area contributed by atoms with Gasteiger partial charge >= 0.3 is 12.1 Å². The molecule has 3 aromatic rings. The average Bonchev–Trinajstić information content (AvgIpc) is 3.23. The van der Waals surface area contributed by atoms with Gasteiger partial charge in [0, 0.05) is 25.0 Å². The van der Waals surface area contributed by atoms with E-state index in [0.717, 1.165) is 49.4 Å². The first-order chi connectivity index (χ1) is 16.2. The fraction of sp³-hybridized carbons (Fsp3) is 0.417. The summed E-state index contributed by atoms with van der Waals surface area (Å²) in [6, 6.07) is 12.8. The zero-order valence-corrected chi connectivity index (χ0v) is 19.0. The molecule has 182 valence electrons. The molecule has 1 N–H and O–H groups in total. The van der Waals surface area contributed by atoms with E-state index in [-0.39, 0.29) is 0 Å². The van der Waals surface area contributed by atoms with Gasteiger partial charge < -0.3 is 14.8 Å². The van der Waals surface area contributed by atoms with E-state index in [2.05, 4.69) is 22.1 Å². The lowest BCUT2D eigenvalue weighted by Gasteiger charge is -2.26. The van der Waals surface area contributed by atoms with E-state index in [1.807, 2.05) is 28.2 Å². The van der Waals surface area contributed by atoms with Crippen molar-refractivity contribution in [2.24, 2.45) is 0 Å². The minimum Gasteiger partial charge on any atom is -0.489 e. The summed E-state index contributed by atoms with van der Waals surface area (Å²) in [6.07, 6.45) is -3.89. The van der Waals surface area contributed by atoms with Crippen molar-refractivity contribution in [2.45, 2.75) is 38.7 Å². The molecular formula is C24H27F3N4O3. The molecule has 0 spiro atoms. The summed E-state index contributed by atoms with van der Waals surface area (Å²) >= 11 is 0. The predicted octanol–water partition coefficient (Wildman–Crippen LogP) is 3.69. The van der Waals surface area contributed by atoms with Gasteiger partial charge in [-0.1, -0.05) is 12.1 Å². The van der Waals surface area contributed by atoms with Crippen LogP contribution in [0.1, 0.15) is 19.4 Å². The topological polar surface area (TPSA) is 68.6 Å². The van der Waals surface area contributed by atoms with Gasteiger partial charge in [-0.15, -0.1) is 0 Å². The largest absolute Gasteiger partial charge is 0.489 e. The Morgan fingerprint density at radius 3 is 2.53 bits per heavy atom. The van der Waals surface area contributed by atoms with Crippen LogP contribution < -0.4 is 10.1 Å². The number of rotatable bonds is 7. The van der Waals surface area contributed by atoms with Gasteiger partial charge in [0.1, 0.15) is 11.9 Å². The van der Waals surface area contributed by atoms with Crippen molar-refractivity contribution in [3.63, 3.8) is 0 Å². The maximum absolute atomic E-state index is 12.5. The molecule has 1 saturated heterocycles. The number of hydrogen-bond acceptors (Lipinski definition) is 5. The minimum atomic E-state index is -4.93. The van der Waals surface area contributed by atoms with Gasteiger partial charge in [-0.05, 0) is 49.7 Å². The molecule has 1 amide bonds. The monoisotopic (exact) mass is 476 g/mol. The number of halogens is 3. The van der Waals surface area contributed by atoms with Crippen LogP contribution in [-0.2, 0) is 16.1 Å². The highest BCUT2D eigenvalue weighted by Gasteiger charge is 2.39. The third kappa shape index (κ3) is 5.68. The van der Waals surface area contributed by atoms with E-state index in [1.54, 1.807) is 25.3 Å². The number of carbonyl (C=O) groups excluding carboxylic acids is 1. The van der Waals surface area contributed by atoms with Crippen molar-refractivity contribution < 1.29 is 27.4 Å². The van der Waals surface area contributed by atoms with E-state index in [0.29, 0.717) is 5.75 Å². The smallest absolute Gasteiger partial charge is 0.471 e. The number of nitrogens with one attached hydrogen (secondary N) is 1. The molecular weight excluding hydrogens is 449 g/mol. The van der Waals surface area contributed by atoms with Crippen molar-refractivity contribution in [1.82, 2.24) is 20.0 Å². The highest BCUT2D eigenvalue weighted by atomic mass is 19.4. The number of fused-ring (bicyclic) bond motifs is 1. The first kappa shape index (κ1) is 24.0. The van der Waals surface area contributed by atoms with Crippen molar-refractivity contribution in [2.75, 3.05) is 26.3 Å². The summed E-state index contributed by atoms with van der Waals surface area (Å²) in [5, 5.41) is 7.23. The molecule has 2 heterocycles. The Balaban J connectivity index is 1.42. The molecule has 0 bridgehead atoms. The van der Waals surface area contributed by atoms with Crippen LogP contribution in [0.15, 0.2) is 48.7 Å². The Labute approximate surface area is 195 Å². The van der Waals surface area contributed by atoms with Gasteiger partial charge in [0.25, 0.3) is 0 Å². The number of benzene rings is 2. The van der Waals surface area contributed by atoms with Crippen LogP contribution in [0.5, 0.6) is 5.75 Å². The van der Waals surface area contributed by atoms with Crippen LogP contribution >= 0.6 is 0 Å². The van der Waals surface area contributed by atoms with Crippen LogP contribution in [0.3, 0.4) is 0 Å². The fourth-order valence-electron chi connectivity index (χ4n) is 3.77. The second-order valence-corrected chi connectivity index (χ2v) is 8.41. The summed E-state index contributed by atoms with van der Waals surface area (Å²) in [5.74, 6) is -1.50. The van der Waals surface area contributed by atoms with Gasteiger partial charge in [-0.3, -0.25) is 9.69 Å². The number of carbonyl (C=O) groups is 1. The molecule has 0 radical (unpaired) electrons. The van der Waals surface area contributed by atoms with Crippen LogP contribution in [0.4, 0.5) is 13.2 Å². The summed E-state index contributed by atoms with van der Waals surface area (Å²) < 4.78 is 50.4. The third-order valence-electron chi connectivity index (χ3n) is 5.87. The number of alkyl halides is 3. The average molecular weight is 476 g/mol. The van der Waals surface area contributed by atoms with Gasteiger partial charge in [0.2, 0.25) is 0 Å². The first-order valence-corrected chi connectivity index (χ1v) is 11.1. The Bertz CT molecular complexity index is 1120. The SMILES string of the molecule is C[C@H](NC(=O)C(F)(F)F)[C@@H](C)Oc1ccc2c(cnn2-c2ccc(CN3CCOCC3)cc2)c1. The van der Waals surface area contributed by atoms with Crippen LogP contribution in [0.2, 0.25) is 0 Å². The normalized spacial score (nSPS) is 16.9. The van der Waals surface area contributed by atoms with Crippen molar-refractivity contribution in [1.29, 1.82) is 0 Å². The van der Waals surface area contributed by atoms with Crippen LogP contribution in [0.25, 0.3) is 16.6 Å². The van der Waals surface area contributed by atoms with E-state index in [1.165, 1.54) is 12.5 Å². The van der Waals surface area contributed by atoms with E-state index < -0.39 is 24.2 Å². The number of aromatic nitrogens is 2. The summed E-state index contributed by atoms with van der Waals surface area (Å²) in [5.41, 5.74) is 3.02. The summed E-state index contributed by atoms with van der Waals surface area (Å²) in [6.45, 7) is 7.35. The number of ether oxygens (including phenoxy) is 2. The lowest BCUT2D eigenvalue weighted by atomic mass is 10.2. The number of morpholine rings is 1. The van der Waals surface area contributed by atoms with E-state index in [9.17, 15) is 18.0 Å². The van der Waals surface area contributed by atoms with E-state index in [4.69, 9.17) is 9.47 Å². The van der Waals surface area contributed by atoms with Crippen LogP contribution in [0, 0.1) is 0 Å². The summed E-state index contributed by atoms with van der Waals surface area (Å²) in [7, 11) is 0. The quantitative estimate of drug-likeness (QED) is 0.564. The molecule has 7 nitrogen and oxygen atoms in total. The minimum absolute atomic E-state index is 0.480. The standard InChI is InChI=1S/C24H27F3N4O3/c1-16(29-23(32)24(25,26)27)17(2)34-21-7-8-22-19(13-21)14-28-31(22)20-5-3-18(4-6-20)15-30-9-11-33-12-10-30/h3-8,13-14,16-17H,9-12,15H2,1-2H3,(H,29,32)/t16-,17+/m0/s1. The maximum atomic E-state index is 12.5. The molecule has 1 aliphatic rings. The Morgan fingerprint density at radius 2 is 1.85 bits per heavy atom. The Hall–Kier alpha value is -3.11. The zero-order chi connectivity index (χ0) is 24.3. The Kier molecular flexibility index (Phi) is 7.08. The van der Waals surface area contributed by atoms with Crippen molar-refractivity contribution >= 4 is 16.8 Å². The number of amides is 1. The van der Waals surface area contributed by atoms with Gasteiger partial charge in [0.15, 0.2) is 0 Å². The molecule has 1 aromatic heterocycles. The molecule has 4 rings (SSSR count). The molecule has 0 unspecified atom stereocenters. The second kappa shape index (κ2) is 10.0. The second-order valence-electron chi connectivity index (χ2n) is 8.41. The predicted molar refractivity (Wildman–Crippen MR) is 121 cm³/mol. The highest BCUT2D eigenvalue weighted by molar-refractivity contribution is 5.82. The summed E-state index contributed by atoms with van der Waals surface area (Å²) in [4.78, 5) is 13.5. The molecule has 2 aromatic carbocycles. The first-order valence-electron chi connectivity index (χ1n) is 11.1. The lowest BCUT2D eigenvalue weighted by Crippen LogP contribution is -2.47. The maximum Gasteiger partial charge on any atom is 0.471 e. The molecule has 34 heavy (non-hydrogen) atoms. The highest BCUT2D eigenvalue weighted by Crippen LogP contribution is 2.25. The van der Waals surface area contributed by atoms with Gasteiger partial charge in [-0.2, -0.15) is 18.3 Å². The number of nitrogens with zero attached hydrogens (tertiary/aromatic N) is 3. The van der Waals surface area contributed by atoms with Crippen molar-refractivity contribution in [3.05, 3.63) is 54.2 Å². The molecule has 0 saturated carbocycles. The molecule has 1 aliphatic heterocycles. The fourth-order valence-corrected chi connectivity index (χ4v) is 3.77.